The number of urea groups is 1. The molecule has 0 radical (unpaired) electrons. The summed E-state index contributed by atoms with van der Waals surface area (Å²) in [5.41, 5.74) is 0. The van der Waals surface area contributed by atoms with Crippen molar-refractivity contribution in [1.82, 2.24) is 10.2 Å². The van der Waals surface area contributed by atoms with E-state index < -0.39 is 0 Å². The van der Waals surface area contributed by atoms with E-state index in [0.717, 1.165) is 38.3 Å². The molecule has 0 aliphatic carbocycles. The molecule has 1 fully saturated rings. The highest BCUT2D eigenvalue weighted by Gasteiger charge is 2.23. The van der Waals surface area contributed by atoms with Crippen LogP contribution in [0.25, 0.3) is 0 Å². The molecular formula is C15H24N2OS. The van der Waals surface area contributed by atoms with Crippen LogP contribution in [-0.4, -0.2) is 30.1 Å². The van der Waals surface area contributed by atoms with Crippen LogP contribution in [0.2, 0.25) is 0 Å². The van der Waals surface area contributed by atoms with Crippen LogP contribution in [0, 0.1) is 5.92 Å². The van der Waals surface area contributed by atoms with Crippen LogP contribution < -0.4 is 5.32 Å². The molecule has 0 spiro atoms. The molecule has 4 heteroatoms. The third-order valence-electron chi connectivity index (χ3n) is 3.95. The summed E-state index contributed by atoms with van der Waals surface area (Å²) in [6.07, 6.45) is 4.43. The summed E-state index contributed by atoms with van der Waals surface area (Å²) < 4.78 is 0. The minimum Gasteiger partial charge on any atom is -0.336 e. The number of nitrogens with zero attached hydrogens (tertiary/aromatic N) is 1. The van der Waals surface area contributed by atoms with Crippen LogP contribution in [0.5, 0.6) is 0 Å². The molecule has 1 aliphatic rings. The fraction of sp³-hybridized carbons (Fsp3) is 0.667. The average Bonchev–Trinajstić information content (AvgIpc) is 2.92. The number of thiophene rings is 1. The number of carbonyl (C=O) groups is 1. The lowest BCUT2D eigenvalue weighted by Gasteiger charge is -2.32. The summed E-state index contributed by atoms with van der Waals surface area (Å²) in [6.45, 7) is 5.95. The van der Waals surface area contributed by atoms with Crippen LogP contribution >= 0.6 is 11.3 Å². The molecule has 1 saturated heterocycles. The van der Waals surface area contributed by atoms with Gasteiger partial charge in [0.05, 0.1) is 0 Å². The molecule has 1 unspecified atom stereocenters. The second kappa shape index (κ2) is 6.94. The summed E-state index contributed by atoms with van der Waals surface area (Å²) in [7, 11) is 0. The maximum Gasteiger partial charge on any atom is 0.317 e. The van der Waals surface area contributed by atoms with Gasteiger partial charge in [-0.1, -0.05) is 13.0 Å². The quantitative estimate of drug-likeness (QED) is 0.899. The van der Waals surface area contributed by atoms with Gasteiger partial charge in [-0.05, 0) is 50.0 Å². The Morgan fingerprint density at radius 3 is 2.84 bits per heavy atom. The molecule has 19 heavy (non-hydrogen) atoms. The Bertz CT molecular complexity index is 383. The zero-order valence-corrected chi connectivity index (χ0v) is 12.7. The van der Waals surface area contributed by atoms with E-state index in [9.17, 15) is 4.79 Å². The van der Waals surface area contributed by atoms with E-state index in [0.29, 0.717) is 0 Å². The van der Waals surface area contributed by atoms with Crippen molar-refractivity contribution in [1.29, 1.82) is 0 Å². The predicted molar refractivity (Wildman–Crippen MR) is 80.6 cm³/mol. The number of hydrogen-bond donors (Lipinski definition) is 1. The van der Waals surface area contributed by atoms with Gasteiger partial charge in [0.15, 0.2) is 0 Å². The summed E-state index contributed by atoms with van der Waals surface area (Å²) in [5, 5.41) is 5.19. The second-order valence-corrected chi connectivity index (χ2v) is 6.50. The fourth-order valence-corrected chi connectivity index (χ4v) is 3.28. The van der Waals surface area contributed by atoms with E-state index in [1.54, 1.807) is 0 Å². The Kier molecular flexibility index (Phi) is 5.25. The Hall–Kier alpha value is -1.03. The summed E-state index contributed by atoms with van der Waals surface area (Å²) in [5.74, 6) is 0.742. The van der Waals surface area contributed by atoms with Gasteiger partial charge in [-0.15, -0.1) is 11.3 Å². The fourth-order valence-electron chi connectivity index (χ4n) is 2.46. The first kappa shape index (κ1) is 14.4. The van der Waals surface area contributed by atoms with Gasteiger partial charge in [0.25, 0.3) is 0 Å². The van der Waals surface area contributed by atoms with Gasteiger partial charge < -0.3 is 10.2 Å². The van der Waals surface area contributed by atoms with E-state index in [-0.39, 0.29) is 12.1 Å². The van der Waals surface area contributed by atoms with Gasteiger partial charge in [0.2, 0.25) is 0 Å². The number of amides is 2. The number of carbonyl (C=O) groups excluding carboxylic acids is 1. The molecule has 106 valence electrons. The summed E-state index contributed by atoms with van der Waals surface area (Å²) >= 11 is 1.84. The molecule has 0 aromatic carbocycles. The highest BCUT2D eigenvalue weighted by Crippen LogP contribution is 2.23. The lowest BCUT2D eigenvalue weighted by atomic mass is 9.93. The Morgan fingerprint density at radius 2 is 2.26 bits per heavy atom. The second-order valence-electron chi connectivity index (χ2n) is 5.47. The standard InChI is InChI=1S/C15H24N2OS/c1-3-12(2)16-15(18)17-8-6-13(7-9-17)11-14-5-4-10-19-14/h4-5,10,12-13H,3,6-9,11H2,1-2H3,(H,16,18). The molecule has 2 rings (SSSR count). The van der Waals surface area contributed by atoms with Crippen molar-refractivity contribution in [2.75, 3.05) is 13.1 Å². The molecule has 1 atom stereocenters. The van der Waals surface area contributed by atoms with Crippen LogP contribution in [0.15, 0.2) is 17.5 Å². The summed E-state index contributed by atoms with van der Waals surface area (Å²) in [4.78, 5) is 15.5. The highest BCUT2D eigenvalue weighted by atomic mass is 32.1. The maximum absolute atomic E-state index is 12.0. The topological polar surface area (TPSA) is 32.3 Å². The monoisotopic (exact) mass is 280 g/mol. The van der Waals surface area contributed by atoms with Crippen molar-refractivity contribution < 1.29 is 4.79 Å². The van der Waals surface area contributed by atoms with E-state index in [1.807, 2.05) is 16.2 Å². The molecule has 0 saturated carbocycles. The highest BCUT2D eigenvalue weighted by molar-refractivity contribution is 7.09. The first-order chi connectivity index (χ1) is 9.19. The van der Waals surface area contributed by atoms with Crippen LogP contribution in [0.1, 0.15) is 38.0 Å². The molecule has 0 bridgehead atoms. The van der Waals surface area contributed by atoms with Crippen LogP contribution in [0.4, 0.5) is 4.79 Å². The average molecular weight is 280 g/mol. The van der Waals surface area contributed by atoms with Crippen molar-refractivity contribution in [3.8, 4) is 0 Å². The van der Waals surface area contributed by atoms with Crippen molar-refractivity contribution in [3.05, 3.63) is 22.4 Å². The maximum atomic E-state index is 12.0. The number of hydrogen-bond acceptors (Lipinski definition) is 2. The van der Waals surface area contributed by atoms with Crippen molar-refractivity contribution >= 4 is 17.4 Å². The van der Waals surface area contributed by atoms with Gasteiger partial charge in [-0.3, -0.25) is 0 Å². The first-order valence-corrected chi connectivity index (χ1v) is 8.14. The van der Waals surface area contributed by atoms with E-state index in [1.165, 1.54) is 11.3 Å². The third kappa shape index (κ3) is 4.23. The lowest BCUT2D eigenvalue weighted by molar-refractivity contribution is 0.167. The molecular weight excluding hydrogens is 256 g/mol. The minimum atomic E-state index is 0.115. The van der Waals surface area contributed by atoms with Crippen molar-refractivity contribution in [2.45, 2.75) is 45.6 Å². The van der Waals surface area contributed by atoms with Gasteiger partial charge in [-0.2, -0.15) is 0 Å². The van der Waals surface area contributed by atoms with Crippen LogP contribution in [0.3, 0.4) is 0 Å². The number of rotatable bonds is 4. The molecule has 3 nitrogen and oxygen atoms in total. The smallest absolute Gasteiger partial charge is 0.317 e. The Balaban J connectivity index is 1.74. The summed E-state index contributed by atoms with van der Waals surface area (Å²) in [6, 6.07) is 4.72. The largest absolute Gasteiger partial charge is 0.336 e. The predicted octanol–water partition coefficient (Wildman–Crippen LogP) is 3.51. The third-order valence-corrected chi connectivity index (χ3v) is 4.85. The minimum absolute atomic E-state index is 0.115. The van der Waals surface area contributed by atoms with E-state index >= 15 is 0 Å². The number of likely N-dealkylation sites (tertiary alicyclic amines) is 1. The molecule has 2 heterocycles. The molecule has 1 N–H and O–H groups in total. The van der Waals surface area contributed by atoms with Crippen molar-refractivity contribution in [3.63, 3.8) is 0 Å². The molecule has 1 aromatic heterocycles. The van der Waals surface area contributed by atoms with E-state index in [4.69, 9.17) is 0 Å². The zero-order chi connectivity index (χ0) is 13.7. The number of nitrogens with one attached hydrogen (secondary N) is 1. The van der Waals surface area contributed by atoms with Gasteiger partial charge >= 0.3 is 6.03 Å². The molecule has 1 aliphatic heterocycles. The van der Waals surface area contributed by atoms with Crippen molar-refractivity contribution in [2.24, 2.45) is 5.92 Å². The molecule has 2 amide bonds. The van der Waals surface area contributed by atoms with E-state index in [2.05, 4.69) is 36.7 Å². The SMILES string of the molecule is CCC(C)NC(=O)N1CCC(Cc2cccs2)CC1. The van der Waals surface area contributed by atoms with Gasteiger partial charge in [-0.25, -0.2) is 4.79 Å². The first-order valence-electron chi connectivity index (χ1n) is 7.27. The normalized spacial score (nSPS) is 18.3. The number of piperidine rings is 1. The zero-order valence-electron chi connectivity index (χ0n) is 11.9. The molecule has 1 aromatic rings. The van der Waals surface area contributed by atoms with Gasteiger partial charge in [0.1, 0.15) is 0 Å². The van der Waals surface area contributed by atoms with Crippen LogP contribution in [-0.2, 0) is 6.42 Å². The van der Waals surface area contributed by atoms with Gasteiger partial charge in [0, 0.05) is 24.0 Å². The lowest BCUT2D eigenvalue weighted by Crippen LogP contribution is -2.47. The Morgan fingerprint density at radius 1 is 1.53 bits per heavy atom. The Labute approximate surface area is 120 Å².